The molecule has 5 heteroatoms. The first kappa shape index (κ1) is 13.0. The quantitative estimate of drug-likeness (QED) is 0.839. The van der Waals surface area contributed by atoms with E-state index in [1.54, 1.807) is 6.07 Å². The Morgan fingerprint density at radius 2 is 2.17 bits per heavy atom. The van der Waals surface area contributed by atoms with E-state index < -0.39 is 17.6 Å². The molecule has 1 aliphatic rings. The molecule has 2 rings (SSSR count). The summed E-state index contributed by atoms with van der Waals surface area (Å²) < 4.78 is 13.9. The van der Waals surface area contributed by atoms with Gasteiger partial charge in [0.15, 0.2) is 0 Å². The number of hydrogen-bond acceptors (Lipinski definition) is 2. The molecule has 1 saturated heterocycles. The van der Waals surface area contributed by atoms with Crippen molar-refractivity contribution in [2.24, 2.45) is 0 Å². The van der Waals surface area contributed by atoms with Gasteiger partial charge in [-0.1, -0.05) is 24.6 Å². The molecule has 1 heterocycles. The number of imide groups is 1. The highest BCUT2D eigenvalue weighted by molar-refractivity contribution is 6.32. The summed E-state index contributed by atoms with van der Waals surface area (Å²) in [6.45, 7) is 1.91. The molecule has 2 amide bonds. The highest BCUT2D eigenvalue weighted by Gasteiger charge is 2.32. The lowest BCUT2D eigenvalue weighted by Gasteiger charge is -2.23. The summed E-state index contributed by atoms with van der Waals surface area (Å²) in [7, 11) is 0. The molecule has 18 heavy (non-hydrogen) atoms. The molecule has 3 nitrogen and oxygen atoms in total. The maximum Gasteiger partial charge on any atom is 0.234 e. The van der Waals surface area contributed by atoms with Gasteiger partial charge in [-0.25, -0.2) is 4.39 Å². The molecule has 0 aromatic heterocycles. The van der Waals surface area contributed by atoms with Crippen LogP contribution in [0.2, 0.25) is 5.02 Å². The van der Waals surface area contributed by atoms with Crippen LogP contribution in [0.3, 0.4) is 0 Å². The number of rotatable bonds is 2. The summed E-state index contributed by atoms with van der Waals surface area (Å²) in [6, 6.07) is 2.94. The molecule has 0 aliphatic carbocycles. The fraction of sp³-hybridized carbons (Fsp3) is 0.385. The fourth-order valence-corrected chi connectivity index (χ4v) is 2.59. The second kappa shape index (κ2) is 5.06. The molecule has 1 N–H and O–H groups in total. The maximum atomic E-state index is 13.9. The molecular weight excluding hydrogens is 257 g/mol. The molecule has 0 spiro atoms. The van der Waals surface area contributed by atoms with Crippen LogP contribution in [0.5, 0.6) is 0 Å². The van der Waals surface area contributed by atoms with E-state index in [0.29, 0.717) is 17.9 Å². The minimum atomic E-state index is -0.679. The molecule has 1 atom stereocenters. The Labute approximate surface area is 109 Å². The van der Waals surface area contributed by atoms with Gasteiger partial charge in [0.2, 0.25) is 11.8 Å². The lowest BCUT2D eigenvalue weighted by atomic mass is 9.89. The number of benzene rings is 1. The lowest BCUT2D eigenvalue weighted by Crippen LogP contribution is -2.39. The van der Waals surface area contributed by atoms with E-state index in [1.165, 1.54) is 6.07 Å². The van der Waals surface area contributed by atoms with Crippen molar-refractivity contribution in [2.75, 3.05) is 0 Å². The third-order valence-corrected chi connectivity index (χ3v) is 3.62. The third-order valence-electron chi connectivity index (χ3n) is 3.18. The van der Waals surface area contributed by atoms with Crippen LogP contribution in [0, 0.1) is 5.82 Å². The molecule has 1 aliphatic heterocycles. The summed E-state index contributed by atoms with van der Waals surface area (Å²) in [6.07, 6.45) is 1.18. The van der Waals surface area contributed by atoms with Crippen molar-refractivity contribution in [1.82, 2.24) is 5.32 Å². The van der Waals surface area contributed by atoms with Gasteiger partial charge in [0.1, 0.15) is 5.82 Å². The standard InChI is InChI=1S/C13H13ClFNO2/c1-2-7-3-5-9(15)11(12(7)14)8-4-6-10(17)16-13(8)18/h3,5,8H,2,4,6H2,1H3,(H,16,17,18). The molecule has 96 valence electrons. The monoisotopic (exact) mass is 269 g/mol. The minimum absolute atomic E-state index is 0.209. The highest BCUT2D eigenvalue weighted by atomic mass is 35.5. The van der Waals surface area contributed by atoms with Gasteiger partial charge < -0.3 is 0 Å². The van der Waals surface area contributed by atoms with Gasteiger partial charge in [-0.05, 0) is 24.5 Å². The van der Waals surface area contributed by atoms with Gasteiger partial charge in [0.05, 0.1) is 10.9 Å². The van der Waals surface area contributed by atoms with Crippen LogP contribution < -0.4 is 5.32 Å². The van der Waals surface area contributed by atoms with E-state index in [2.05, 4.69) is 5.32 Å². The summed E-state index contributed by atoms with van der Waals surface area (Å²) in [4.78, 5) is 22.8. The van der Waals surface area contributed by atoms with Crippen molar-refractivity contribution in [3.05, 3.63) is 34.1 Å². The van der Waals surface area contributed by atoms with Crippen molar-refractivity contribution in [1.29, 1.82) is 0 Å². The van der Waals surface area contributed by atoms with Crippen molar-refractivity contribution >= 4 is 23.4 Å². The number of aryl methyl sites for hydroxylation is 1. The Morgan fingerprint density at radius 1 is 1.44 bits per heavy atom. The van der Waals surface area contributed by atoms with Gasteiger partial charge in [-0.15, -0.1) is 0 Å². The number of carbonyl (C=O) groups is 2. The van der Waals surface area contributed by atoms with E-state index in [4.69, 9.17) is 11.6 Å². The zero-order chi connectivity index (χ0) is 13.3. The van der Waals surface area contributed by atoms with E-state index in [9.17, 15) is 14.0 Å². The molecule has 1 aromatic carbocycles. The number of piperidine rings is 1. The zero-order valence-corrected chi connectivity index (χ0v) is 10.7. The Kier molecular flexibility index (Phi) is 3.66. The smallest absolute Gasteiger partial charge is 0.234 e. The van der Waals surface area contributed by atoms with Gasteiger partial charge in [0, 0.05) is 12.0 Å². The first-order chi connectivity index (χ1) is 8.54. The predicted molar refractivity (Wildman–Crippen MR) is 65.9 cm³/mol. The Balaban J connectivity index is 2.44. The second-order valence-electron chi connectivity index (χ2n) is 4.29. The van der Waals surface area contributed by atoms with Gasteiger partial charge in [0.25, 0.3) is 0 Å². The largest absolute Gasteiger partial charge is 0.296 e. The number of amides is 2. The van der Waals surface area contributed by atoms with E-state index in [-0.39, 0.29) is 17.9 Å². The van der Waals surface area contributed by atoms with Gasteiger partial charge in [-0.3, -0.25) is 14.9 Å². The number of nitrogens with one attached hydrogen (secondary N) is 1. The van der Waals surface area contributed by atoms with Crippen LogP contribution in [0.4, 0.5) is 4.39 Å². The van der Waals surface area contributed by atoms with Crippen LogP contribution >= 0.6 is 11.6 Å². The second-order valence-corrected chi connectivity index (χ2v) is 4.67. The van der Waals surface area contributed by atoms with Crippen molar-refractivity contribution in [2.45, 2.75) is 32.1 Å². The summed E-state index contributed by atoms with van der Waals surface area (Å²) in [5.41, 5.74) is 1.01. The topological polar surface area (TPSA) is 46.2 Å². The molecule has 0 radical (unpaired) electrons. The summed E-state index contributed by atoms with van der Waals surface area (Å²) in [5, 5.41) is 2.51. The molecule has 0 saturated carbocycles. The normalized spacial score (nSPS) is 19.8. The van der Waals surface area contributed by atoms with E-state index >= 15 is 0 Å². The third kappa shape index (κ3) is 2.25. The van der Waals surface area contributed by atoms with Gasteiger partial charge >= 0.3 is 0 Å². The molecule has 1 fully saturated rings. The first-order valence-corrected chi connectivity index (χ1v) is 6.22. The van der Waals surface area contributed by atoms with Gasteiger partial charge in [-0.2, -0.15) is 0 Å². The van der Waals surface area contributed by atoms with Crippen LogP contribution in [-0.2, 0) is 16.0 Å². The first-order valence-electron chi connectivity index (χ1n) is 5.85. The zero-order valence-electron chi connectivity index (χ0n) is 9.93. The van der Waals surface area contributed by atoms with Crippen LogP contribution in [0.15, 0.2) is 12.1 Å². The van der Waals surface area contributed by atoms with Crippen LogP contribution in [-0.4, -0.2) is 11.8 Å². The van der Waals surface area contributed by atoms with Crippen LogP contribution in [0.1, 0.15) is 36.8 Å². The Bertz CT molecular complexity index is 516. The lowest BCUT2D eigenvalue weighted by molar-refractivity contribution is -0.134. The number of carbonyl (C=O) groups excluding carboxylic acids is 2. The van der Waals surface area contributed by atoms with E-state index in [1.807, 2.05) is 6.92 Å². The summed E-state index contributed by atoms with van der Waals surface area (Å²) >= 11 is 6.14. The minimum Gasteiger partial charge on any atom is -0.296 e. The average Bonchev–Trinajstić information content (AvgIpc) is 2.32. The van der Waals surface area contributed by atoms with Crippen molar-refractivity contribution in [3.63, 3.8) is 0 Å². The number of halogens is 2. The van der Waals surface area contributed by atoms with Crippen molar-refractivity contribution in [3.8, 4) is 0 Å². The van der Waals surface area contributed by atoms with Crippen molar-refractivity contribution < 1.29 is 14.0 Å². The molecule has 1 aromatic rings. The predicted octanol–water partition coefficient (Wildman–Crippen LogP) is 2.56. The molecule has 0 bridgehead atoms. The van der Waals surface area contributed by atoms with E-state index in [0.717, 1.165) is 5.56 Å². The molecule has 1 unspecified atom stereocenters. The Hall–Kier alpha value is -1.42. The van der Waals surface area contributed by atoms with Crippen LogP contribution in [0.25, 0.3) is 0 Å². The number of hydrogen-bond donors (Lipinski definition) is 1. The average molecular weight is 270 g/mol. The Morgan fingerprint density at radius 3 is 2.78 bits per heavy atom. The summed E-state index contributed by atoms with van der Waals surface area (Å²) in [5.74, 6) is -1.96. The fourth-order valence-electron chi connectivity index (χ4n) is 2.18. The highest BCUT2D eigenvalue weighted by Crippen LogP contribution is 2.34. The maximum absolute atomic E-state index is 13.9. The molecular formula is C13H13ClFNO2. The SMILES string of the molecule is CCc1ccc(F)c(C2CCC(=O)NC2=O)c1Cl.